The molecule has 0 saturated heterocycles. The van der Waals surface area contributed by atoms with Crippen molar-refractivity contribution in [1.29, 1.82) is 0 Å². The summed E-state index contributed by atoms with van der Waals surface area (Å²) in [4.78, 5) is 2.21. The van der Waals surface area contributed by atoms with E-state index in [1.165, 1.54) is 25.7 Å². The average molecular weight is 279 g/mol. The summed E-state index contributed by atoms with van der Waals surface area (Å²) in [5, 5.41) is 3.35. The zero-order valence-electron chi connectivity index (χ0n) is 13.4. The van der Waals surface area contributed by atoms with Gasteiger partial charge in [0.15, 0.2) is 0 Å². The number of hydrogen-bond donors (Lipinski definition) is 1. The molecular formula is C16H31N4+. The minimum absolute atomic E-state index is 1.05. The van der Waals surface area contributed by atoms with Crippen molar-refractivity contribution in [2.75, 3.05) is 20.1 Å². The van der Waals surface area contributed by atoms with Crippen LogP contribution >= 0.6 is 0 Å². The standard InChI is InChI=1S/C16H31N4/c1-4-10-18(3)13-9-17-8-6-7-12-20-15-14-19(16-20)11-5-2/h9,13-17H,4-8,10-12H2,1-3H3/q+1/b13-9-. The normalized spacial score (nSPS) is 11.2. The number of hydrogen-bond acceptors (Lipinski definition) is 2. The predicted molar refractivity (Wildman–Crippen MR) is 84.2 cm³/mol. The summed E-state index contributed by atoms with van der Waals surface area (Å²) in [6.45, 7) is 8.80. The first kappa shape index (κ1) is 16.6. The van der Waals surface area contributed by atoms with Gasteiger partial charge in [0, 0.05) is 32.5 Å². The number of unbranched alkanes of at least 4 members (excludes halogenated alkanes) is 1. The van der Waals surface area contributed by atoms with E-state index in [1.807, 2.05) is 0 Å². The third-order valence-electron chi connectivity index (χ3n) is 3.24. The van der Waals surface area contributed by atoms with Crippen LogP contribution in [0.4, 0.5) is 0 Å². The lowest BCUT2D eigenvalue weighted by Crippen LogP contribution is -2.30. The monoisotopic (exact) mass is 279 g/mol. The van der Waals surface area contributed by atoms with Gasteiger partial charge in [-0.05, 0) is 25.7 Å². The van der Waals surface area contributed by atoms with Crippen LogP contribution in [0.15, 0.2) is 31.1 Å². The number of imidazole rings is 1. The van der Waals surface area contributed by atoms with Crippen molar-refractivity contribution in [3.05, 3.63) is 31.1 Å². The topological polar surface area (TPSA) is 24.1 Å². The molecule has 1 heterocycles. The van der Waals surface area contributed by atoms with Crippen LogP contribution in [0.5, 0.6) is 0 Å². The second-order valence-electron chi connectivity index (χ2n) is 5.35. The highest BCUT2D eigenvalue weighted by Gasteiger charge is 2.01. The van der Waals surface area contributed by atoms with E-state index < -0.39 is 0 Å². The number of rotatable bonds is 11. The Morgan fingerprint density at radius 1 is 1.25 bits per heavy atom. The second-order valence-corrected chi connectivity index (χ2v) is 5.35. The molecule has 0 bridgehead atoms. The molecule has 20 heavy (non-hydrogen) atoms. The highest BCUT2D eigenvalue weighted by Crippen LogP contribution is 1.94. The molecule has 1 N–H and O–H groups in total. The summed E-state index contributed by atoms with van der Waals surface area (Å²) in [6.07, 6.45) is 15.5. The third-order valence-corrected chi connectivity index (χ3v) is 3.24. The van der Waals surface area contributed by atoms with Gasteiger partial charge in [0.25, 0.3) is 0 Å². The van der Waals surface area contributed by atoms with Crippen molar-refractivity contribution >= 4 is 0 Å². The molecule has 1 aromatic heterocycles. The molecule has 0 aliphatic heterocycles. The lowest BCUT2D eigenvalue weighted by molar-refractivity contribution is -0.696. The first-order valence-corrected chi connectivity index (χ1v) is 7.91. The first-order chi connectivity index (χ1) is 9.76. The predicted octanol–water partition coefficient (Wildman–Crippen LogP) is 2.37. The zero-order chi connectivity index (χ0) is 14.6. The molecule has 114 valence electrons. The summed E-state index contributed by atoms with van der Waals surface area (Å²) in [6, 6.07) is 0. The molecule has 0 atom stereocenters. The highest BCUT2D eigenvalue weighted by atomic mass is 15.1. The van der Waals surface area contributed by atoms with Gasteiger partial charge in [0.05, 0.1) is 13.1 Å². The van der Waals surface area contributed by atoms with Crippen LogP contribution in [-0.2, 0) is 13.1 Å². The molecule has 0 unspecified atom stereocenters. The van der Waals surface area contributed by atoms with Crippen LogP contribution in [0.3, 0.4) is 0 Å². The quantitative estimate of drug-likeness (QED) is 0.497. The fourth-order valence-corrected chi connectivity index (χ4v) is 2.17. The Bertz CT molecular complexity index is 370. The van der Waals surface area contributed by atoms with E-state index in [0.29, 0.717) is 0 Å². The van der Waals surface area contributed by atoms with Crippen molar-refractivity contribution in [2.24, 2.45) is 0 Å². The van der Waals surface area contributed by atoms with Gasteiger partial charge in [0.2, 0.25) is 6.33 Å². The Kier molecular flexibility index (Phi) is 8.59. The smallest absolute Gasteiger partial charge is 0.243 e. The fourth-order valence-electron chi connectivity index (χ4n) is 2.17. The maximum absolute atomic E-state index is 3.35. The van der Waals surface area contributed by atoms with E-state index >= 15 is 0 Å². The second kappa shape index (κ2) is 10.4. The van der Waals surface area contributed by atoms with E-state index in [2.05, 4.69) is 71.4 Å². The molecule has 0 aromatic carbocycles. The molecule has 0 fully saturated rings. The van der Waals surface area contributed by atoms with E-state index in [4.69, 9.17) is 0 Å². The van der Waals surface area contributed by atoms with Gasteiger partial charge >= 0.3 is 0 Å². The van der Waals surface area contributed by atoms with Gasteiger partial charge in [0.1, 0.15) is 12.4 Å². The van der Waals surface area contributed by atoms with Gasteiger partial charge in [-0.1, -0.05) is 13.8 Å². The summed E-state index contributed by atoms with van der Waals surface area (Å²) in [5.74, 6) is 0. The van der Waals surface area contributed by atoms with Crippen molar-refractivity contribution in [3.63, 3.8) is 0 Å². The van der Waals surface area contributed by atoms with Crippen LogP contribution < -0.4 is 9.88 Å². The van der Waals surface area contributed by atoms with E-state index in [0.717, 1.165) is 26.2 Å². The molecule has 0 aliphatic carbocycles. The number of nitrogens with zero attached hydrogens (tertiary/aromatic N) is 3. The Morgan fingerprint density at radius 2 is 2.10 bits per heavy atom. The molecule has 4 heteroatoms. The fraction of sp³-hybridized carbons (Fsp3) is 0.688. The van der Waals surface area contributed by atoms with Crippen LogP contribution in [0, 0.1) is 0 Å². The maximum Gasteiger partial charge on any atom is 0.243 e. The Morgan fingerprint density at radius 3 is 2.85 bits per heavy atom. The Balaban J connectivity index is 2.04. The Hall–Kier alpha value is -1.45. The van der Waals surface area contributed by atoms with Gasteiger partial charge < -0.3 is 10.2 Å². The van der Waals surface area contributed by atoms with Gasteiger partial charge in [-0.2, -0.15) is 0 Å². The van der Waals surface area contributed by atoms with Crippen LogP contribution in [0.2, 0.25) is 0 Å². The van der Waals surface area contributed by atoms with Gasteiger partial charge in [-0.25, -0.2) is 9.13 Å². The molecule has 4 nitrogen and oxygen atoms in total. The summed E-state index contributed by atoms with van der Waals surface area (Å²) < 4.78 is 4.53. The van der Waals surface area contributed by atoms with E-state index in [-0.39, 0.29) is 0 Å². The van der Waals surface area contributed by atoms with Crippen LogP contribution in [-0.4, -0.2) is 29.6 Å². The zero-order valence-corrected chi connectivity index (χ0v) is 13.4. The van der Waals surface area contributed by atoms with Crippen molar-refractivity contribution in [2.45, 2.75) is 52.6 Å². The number of aromatic nitrogens is 2. The first-order valence-electron chi connectivity index (χ1n) is 7.91. The number of aryl methyl sites for hydroxylation is 2. The third kappa shape index (κ3) is 7.22. The van der Waals surface area contributed by atoms with E-state index in [9.17, 15) is 0 Å². The van der Waals surface area contributed by atoms with Crippen LogP contribution in [0.25, 0.3) is 0 Å². The average Bonchev–Trinajstić information content (AvgIpc) is 2.86. The molecule has 0 radical (unpaired) electrons. The van der Waals surface area contributed by atoms with Crippen molar-refractivity contribution < 1.29 is 4.57 Å². The lowest BCUT2D eigenvalue weighted by atomic mass is 10.3. The van der Waals surface area contributed by atoms with Gasteiger partial charge in [-0.15, -0.1) is 0 Å². The molecule has 0 spiro atoms. The SMILES string of the molecule is CCCN(C)/C=C\NCCCCn1cc[n+](CCC)c1. The molecule has 1 aromatic rings. The van der Waals surface area contributed by atoms with Crippen molar-refractivity contribution in [1.82, 2.24) is 14.8 Å². The van der Waals surface area contributed by atoms with Crippen molar-refractivity contribution in [3.8, 4) is 0 Å². The highest BCUT2D eigenvalue weighted by molar-refractivity contribution is 4.78. The maximum atomic E-state index is 3.35. The van der Waals surface area contributed by atoms with Crippen LogP contribution in [0.1, 0.15) is 39.5 Å². The summed E-state index contributed by atoms with van der Waals surface area (Å²) >= 11 is 0. The molecular weight excluding hydrogens is 248 g/mol. The summed E-state index contributed by atoms with van der Waals surface area (Å²) in [7, 11) is 2.11. The summed E-state index contributed by atoms with van der Waals surface area (Å²) in [5.41, 5.74) is 0. The molecule has 1 rings (SSSR count). The molecule has 0 saturated carbocycles. The molecule has 0 aliphatic rings. The molecule has 0 amide bonds. The van der Waals surface area contributed by atoms with E-state index in [1.54, 1.807) is 0 Å². The van der Waals surface area contributed by atoms with Gasteiger partial charge in [-0.3, -0.25) is 0 Å². The number of nitrogens with one attached hydrogen (secondary N) is 1. The minimum atomic E-state index is 1.05. The minimum Gasteiger partial charge on any atom is -0.390 e. The Labute approximate surface area is 124 Å². The lowest BCUT2D eigenvalue weighted by Gasteiger charge is -2.11. The largest absolute Gasteiger partial charge is 0.390 e.